The SMILES string of the molecule is O=C(NC(=S)NC1CN2CCC1CC2)c1cccc(F)c1. The molecule has 6 heteroatoms. The van der Waals surface area contributed by atoms with E-state index < -0.39 is 5.82 Å². The third kappa shape index (κ3) is 3.39. The predicted octanol–water partition coefficient (Wildman–Crippen LogP) is 1.52. The molecule has 3 aliphatic heterocycles. The molecular formula is C15H18FN3OS. The summed E-state index contributed by atoms with van der Waals surface area (Å²) < 4.78 is 13.1. The van der Waals surface area contributed by atoms with E-state index in [1.165, 1.54) is 31.0 Å². The van der Waals surface area contributed by atoms with Crippen LogP contribution in [0.2, 0.25) is 0 Å². The fraction of sp³-hybridized carbons (Fsp3) is 0.467. The van der Waals surface area contributed by atoms with Gasteiger partial charge in [0.25, 0.3) is 5.91 Å². The molecule has 2 bridgehead atoms. The highest BCUT2D eigenvalue weighted by Gasteiger charge is 2.34. The topological polar surface area (TPSA) is 44.4 Å². The zero-order chi connectivity index (χ0) is 14.8. The molecule has 4 nitrogen and oxygen atoms in total. The summed E-state index contributed by atoms with van der Waals surface area (Å²) in [7, 11) is 0. The van der Waals surface area contributed by atoms with Gasteiger partial charge in [-0.25, -0.2) is 4.39 Å². The third-order valence-electron chi connectivity index (χ3n) is 4.29. The van der Waals surface area contributed by atoms with Gasteiger partial charge in [-0.1, -0.05) is 6.07 Å². The second kappa shape index (κ2) is 6.07. The molecular weight excluding hydrogens is 289 g/mol. The molecule has 1 amide bonds. The fourth-order valence-electron chi connectivity index (χ4n) is 3.14. The van der Waals surface area contributed by atoms with Gasteiger partial charge < -0.3 is 10.2 Å². The zero-order valence-corrected chi connectivity index (χ0v) is 12.5. The molecule has 2 N–H and O–H groups in total. The summed E-state index contributed by atoms with van der Waals surface area (Å²) in [6.07, 6.45) is 2.36. The number of benzene rings is 1. The third-order valence-corrected chi connectivity index (χ3v) is 4.51. The lowest BCUT2D eigenvalue weighted by Crippen LogP contribution is -2.59. The average Bonchev–Trinajstić information content (AvgIpc) is 2.48. The highest BCUT2D eigenvalue weighted by Crippen LogP contribution is 2.27. The first kappa shape index (κ1) is 14.4. The molecule has 0 spiro atoms. The quantitative estimate of drug-likeness (QED) is 0.813. The Hall–Kier alpha value is -1.53. The Morgan fingerprint density at radius 3 is 2.71 bits per heavy atom. The molecule has 1 atom stereocenters. The van der Waals surface area contributed by atoms with Crippen molar-refractivity contribution in [1.82, 2.24) is 15.5 Å². The number of fused-ring (bicyclic) bond motifs is 3. The summed E-state index contributed by atoms with van der Waals surface area (Å²) in [4.78, 5) is 14.4. The molecule has 3 saturated heterocycles. The number of hydrogen-bond acceptors (Lipinski definition) is 3. The van der Waals surface area contributed by atoms with Crippen molar-refractivity contribution in [2.24, 2.45) is 5.92 Å². The molecule has 1 aromatic rings. The van der Waals surface area contributed by atoms with Crippen LogP contribution in [0.1, 0.15) is 23.2 Å². The minimum atomic E-state index is -0.432. The van der Waals surface area contributed by atoms with Gasteiger partial charge in [-0.2, -0.15) is 0 Å². The van der Waals surface area contributed by atoms with Crippen molar-refractivity contribution in [1.29, 1.82) is 0 Å². The second-order valence-corrected chi connectivity index (χ2v) is 6.09. The van der Waals surface area contributed by atoms with Crippen LogP contribution in [0.5, 0.6) is 0 Å². The summed E-state index contributed by atoms with van der Waals surface area (Å²) in [5, 5.41) is 6.18. The Bertz CT molecular complexity index is 558. The van der Waals surface area contributed by atoms with Crippen molar-refractivity contribution < 1.29 is 9.18 Å². The number of amides is 1. The van der Waals surface area contributed by atoms with Crippen LogP contribution in [0.4, 0.5) is 4.39 Å². The number of halogens is 1. The Kier molecular flexibility index (Phi) is 4.17. The highest BCUT2D eigenvalue weighted by molar-refractivity contribution is 7.80. The number of piperidine rings is 3. The molecule has 112 valence electrons. The lowest BCUT2D eigenvalue weighted by Gasteiger charge is -2.45. The summed E-state index contributed by atoms with van der Waals surface area (Å²) in [5.74, 6) is -0.189. The van der Waals surface area contributed by atoms with Gasteiger partial charge in [0.05, 0.1) is 0 Å². The molecule has 21 heavy (non-hydrogen) atoms. The van der Waals surface area contributed by atoms with Crippen LogP contribution in [0.3, 0.4) is 0 Å². The van der Waals surface area contributed by atoms with E-state index in [0.29, 0.717) is 17.1 Å². The largest absolute Gasteiger partial charge is 0.358 e. The Balaban J connectivity index is 1.55. The molecule has 0 aliphatic carbocycles. The molecule has 0 aromatic heterocycles. The number of rotatable bonds is 2. The first-order valence-corrected chi connectivity index (χ1v) is 7.62. The number of thiocarbonyl (C=S) groups is 1. The molecule has 1 unspecified atom stereocenters. The van der Waals surface area contributed by atoms with Crippen LogP contribution in [0.15, 0.2) is 24.3 Å². The molecule has 4 rings (SSSR count). The number of nitrogens with zero attached hydrogens (tertiary/aromatic N) is 1. The molecule has 3 aliphatic rings. The van der Waals surface area contributed by atoms with Crippen LogP contribution < -0.4 is 10.6 Å². The van der Waals surface area contributed by atoms with E-state index in [4.69, 9.17) is 12.2 Å². The summed E-state index contributed by atoms with van der Waals surface area (Å²) in [6, 6.07) is 5.88. The van der Waals surface area contributed by atoms with Gasteiger partial charge in [0, 0.05) is 18.2 Å². The number of carbonyl (C=O) groups excluding carboxylic acids is 1. The van der Waals surface area contributed by atoms with Crippen LogP contribution in [0.25, 0.3) is 0 Å². The minimum absolute atomic E-state index is 0.271. The van der Waals surface area contributed by atoms with Crippen LogP contribution in [-0.2, 0) is 0 Å². The van der Waals surface area contributed by atoms with Gasteiger partial charge >= 0.3 is 0 Å². The lowest BCUT2D eigenvalue weighted by molar-refractivity contribution is 0.0807. The Morgan fingerprint density at radius 2 is 2.10 bits per heavy atom. The second-order valence-electron chi connectivity index (χ2n) is 5.68. The summed E-state index contributed by atoms with van der Waals surface area (Å²) >= 11 is 5.20. The maximum Gasteiger partial charge on any atom is 0.257 e. The molecule has 0 saturated carbocycles. The van der Waals surface area contributed by atoms with E-state index in [1.54, 1.807) is 6.07 Å². The summed E-state index contributed by atoms with van der Waals surface area (Å²) in [5.41, 5.74) is 0.271. The first-order valence-electron chi connectivity index (χ1n) is 7.21. The van der Waals surface area contributed by atoms with Crippen molar-refractivity contribution >= 4 is 23.2 Å². The maximum absolute atomic E-state index is 13.1. The van der Waals surface area contributed by atoms with E-state index in [0.717, 1.165) is 19.6 Å². The predicted molar refractivity (Wildman–Crippen MR) is 82.6 cm³/mol. The molecule has 3 fully saturated rings. The zero-order valence-electron chi connectivity index (χ0n) is 11.6. The van der Waals surface area contributed by atoms with Crippen molar-refractivity contribution in [3.05, 3.63) is 35.6 Å². The van der Waals surface area contributed by atoms with Crippen LogP contribution >= 0.6 is 12.2 Å². The summed E-state index contributed by atoms with van der Waals surface area (Å²) in [6.45, 7) is 3.29. The highest BCUT2D eigenvalue weighted by atomic mass is 32.1. The normalized spacial score (nSPS) is 27.2. The smallest absolute Gasteiger partial charge is 0.257 e. The monoisotopic (exact) mass is 307 g/mol. The van der Waals surface area contributed by atoms with Gasteiger partial charge in [0.15, 0.2) is 5.11 Å². The van der Waals surface area contributed by atoms with E-state index >= 15 is 0 Å². The van der Waals surface area contributed by atoms with E-state index in [-0.39, 0.29) is 11.5 Å². The van der Waals surface area contributed by atoms with Crippen molar-refractivity contribution in [3.63, 3.8) is 0 Å². The van der Waals surface area contributed by atoms with Crippen LogP contribution in [0, 0.1) is 11.7 Å². The first-order chi connectivity index (χ1) is 10.1. The number of carbonyl (C=O) groups is 1. The number of nitrogens with one attached hydrogen (secondary N) is 2. The van der Waals surface area contributed by atoms with Gasteiger partial charge in [0.1, 0.15) is 5.82 Å². The van der Waals surface area contributed by atoms with Crippen molar-refractivity contribution in [2.75, 3.05) is 19.6 Å². The maximum atomic E-state index is 13.1. The Labute approximate surface area is 128 Å². The van der Waals surface area contributed by atoms with Gasteiger partial charge in [-0.15, -0.1) is 0 Å². The van der Waals surface area contributed by atoms with E-state index in [9.17, 15) is 9.18 Å². The van der Waals surface area contributed by atoms with Gasteiger partial charge in [0.2, 0.25) is 0 Å². The van der Waals surface area contributed by atoms with Crippen molar-refractivity contribution in [2.45, 2.75) is 18.9 Å². The average molecular weight is 307 g/mol. The van der Waals surface area contributed by atoms with E-state index in [2.05, 4.69) is 15.5 Å². The van der Waals surface area contributed by atoms with Crippen molar-refractivity contribution in [3.8, 4) is 0 Å². The molecule has 1 aromatic carbocycles. The van der Waals surface area contributed by atoms with Gasteiger partial charge in [-0.05, 0) is 62.3 Å². The Morgan fingerprint density at radius 1 is 1.33 bits per heavy atom. The standard InChI is InChI=1S/C15H18FN3OS/c16-12-3-1-2-11(8-12)14(20)18-15(21)17-13-9-19-6-4-10(13)5-7-19/h1-3,8,10,13H,4-7,9H2,(H2,17,18,20,21). The van der Waals surface area contributed by atoms with E-state index in [1.807, 2.05) is 0 Å². The number of hydrogen-bond donors (Lipinski definition) is 2. The molecule has 0 radical (unpaired) electrons. The van der Waals surface area contributed by atoms with Crippen LogP contribution in [-0.4, -0.2) is 41.6 Å². The van der Waals surface area contributed by atoms with Gasteiger partial charge in [-0.3, -0.25) is 10.1 Å². The lowest BCUT2D eigenvalue weighted by atomic mass is 9.84. The minimum Gasteiger partial charge on any atom is -0.358 e. The fourth-order valence-corrected chi connectivity index (χ4v) is 3.38. The molecule has 3 heterocycles.